The van der Waals surface area contributed by atoms with Gasteiger partial charge in [0.05, 0.1) is 16.1 Å². The number of thiophene rings is 1. The number of benzene rings is 1. The van der Waals surface area contributed by atoms with Crippen molar-refractivity contribution in [3.8, 4) is 5.75 Å². The van der Waals surface area contributed by atoms with Crippen molar-refractivity contribution in [2.24, 2.45) is 0 Å². The number of sulfonamides is 1. The number of para-hydroxylation sites is 1. The molecule has 0 unspecified atom stereocenters. The fraction of sp³-hybridized carbons (Fsp3) is 0.312. The van der Waals surface area contributed by atoms with Gasteiger partial charge in [0.25, 0.3) is 10.0 Å². The summed E-state index contributed by atoms with van der Waals surface area (Å²) in [5.74, 6) is 0.751. The molecule has 0 amide bonds. The third-order valence-electron chi connectivity index (χ3n) is 4.24. The van der Waals surface area contributed by atoms with E-state index in [0.29, 0.717) is 34.7 Å². The molecule has 1 aromatic carbocycles. The van der Waals surface area contributed by atoms with E-state index in [2.05, 4.69) is 4.90 Å². The first kappa shape index (κ1) is 18.0. The van der Waals surface area contributed by atoms with Gasteiger partial charge in [-0.05, 0) is 24.3 Å². The van der Waals surface area contributed by atoms with Gasteiger partial charge in [0.1, 0.15) is 15.5 Å². The molecule has 138 valence electrons. The van der Waals surface area contributed by atoms with Gasteiger partial charge in [0.2, 0.25) is 0 Å². The molecule has 0 N–H and O–H groups in total. The van der Waals surface area contributed by atoms with E-state index in [1.54, 1.807) is 30.6 Å². The number of methoxy groups -OCH3 is 1. The third-order valence-corrected chi connectivity index (χ3v) is 8.92. The number of rotatable bonds is 4. The minimum absolute atomic E-state index is 0.292. The summed E-state index contributed by atoms with van der Waals surface area (Å²) < 4.78 is 34.1. The molecule has 1 saturated heterocycles. The Hall–Kier alpha value is -1.39. The lowest BCUT2D eigenvalue weighted by atomic mass is 10.3. The molecule has 1 aliphatic heterocycles. The molecule has 6 nitrogen and oxygen atoms in total. The minimum atomic E-state index is -3.48. The first-order valence-corrected chi connectivity index (χ1v) is 11.4. The molecular formula is C16H16ClN3O3S3. The summed E-state index contributed by atoms with van der Waals surface area (Å²) in [6.45, 7) is 2.04. The molecule has 0 saturated carbocycles. The molecule has 0 bridgehead atoms. The second-order valence-corrected chi connectivity index (χ2v) is 10.6. The Bertz CT molecular complexity index is 1040. The van der Waals surface area contributed by atoms with Crippen molar-refractivity contribution >= 4 is 59.6 Å². The molecule has 0 radical (unpaired) electrons. The molecule has 4 rings (SSSR count). The smallest absolute Gasteiger partial charge is 0.252 e. The Balaban J connectivity index is 1.52. The van der Waals surface area contributed by atoms with E-state index in [-0.39, 0.29) is 0 Å². The van der Waals surface area contributed by atoms with Crippen molar-refractivity contribution in [1.82, 2.24) is 9.29 Å². The summed E-state index contributed by atoms with van der Waals surface area (Å²) in [4.78, 5) is 6.81. The highest BCUT2D eigenvalue weighted by molar-refractivity contribution is 7.91. The zero-order valence-corrected chi connectivity index (χ0v) is 17.1. The Morgan fingerprint density at radius 1 is 1.12 bits per heavy atom. The number of halogens is 1. The van der Waals surface area contributed by atoms with Crippen LogP contribution in [-0.4, -0.2) is 51.0 Å². The normalized spacial score (nSPS) is 16.3. The molecule has 0 spiro atoms. The van der Waals surface area contributed by atoms with Gasteiger partial charge in [-0.3, -0.25) is 0 Å². The number of piperazine rings is 1. The number of nitrogens with zero attached hydrogens (tertiary/aromatic N) is 3. The van der Waals surface area contributed by atoms with E-state index in [1.807, 2.05) is 18.2 Å². The number of anilines is 1. The average molecular weight is 430 g/mol. The second-order valence-electron chi connectivity index (χ2n) is 5.75. The molecular weight excluding hydrogens is 414 g/mol. The van der Waals surface area contributed by atoms with Gasteiger partial charge in [0, 0.05) is 26.2 Å². The van der Waals surface area contributed by atoms with Crippen LogP contribution in [0.3, 0.4) is 0 Å². The average Bonchev–Trinajstić information content (AvgIpc) is 3.28. The first-order valence-electron chi connectivity index (χ1n) is 7.93. The quantitative estimate of drug-likeness (QED) is 0.634. The van der Waals surface area contributed by atoms with Gasteiger partial charge in [-0.25, -0.2) is 13.4 Å². The number of hydrogen-bond donors (Lipinski definition) is 0. The van der Waals surface area contributed by atoms with Crippen molar-refractivity contribution in [3.63, 3.8) is 0 Å². The molecule has 3 aromatic rings. The highest BCUT2D eigenvalue weighted by Gasteiger charge is 2.30. The first-order chi connectivity index (χ1) is 12.5. The van der Waals surface area contributed by atoms with Crippen LogP contribution in [0.4, 0.5) is 5.13 Å². The lowest BCUT2D eigenvalue weighted by Crippen LogP contribution is -2.48. The van der Waals surface area contributed by atoms with Crippen LogP contribution in [0.2, 0.25) is 4.34 Å². The maximum absolute atomic E-state index is 12.7. The lowest BCUT2D eigenvalue weighted by molar-refractivity contribution is 0.385. The van der Waals surface area contributed by atoms with Crippen LogP contribution >= 0.6 is 34.3 Å². The number of thiazole rings is 1. The molecule has 10 heteroatoms. The largest absolute Gasteiger partial charge is 0.494 e. The van der Waals surface area contributed by atoms with E-state index in [4.69, 9.17) is 21.3 Å². The van der Waals surface area contributed by atoms with Gasteiger partial charge in [-0.2, -0.15) is 4.31 Å². The summed E-state index contributed by atoms with van der Waals surface area (Å²) in [5.41, 5.74) is 0.846. The molecule has 0 atom stereocenters. The molecule has 3 heterocycles. The van der Waals surface area contributed by atoms with Crippen LogP contribution in [0.5, 0.6) is 5.75 Å². The summed E-state index contributed by atoms with van der Waals surface area (Å²) in [7, 11) is -1.85. The second kappa shape index (κ2) is 6.97. The van der Waals surface area contributed by atoms with Crippen molar-refractivity contribution in [2.45, 2.75) is 4.21 Å². The van der Waals surface area contributed by atoms with Crippen LogP contribution in [0.1, 0.15) is 0 Å². The van der Waals surface area contributed by atoms with Crippen molar-refractivity contribution < 1.29 is 13.2 Å². The zero-order valence-electron chi connectivity index (χ0n) is 13.9. The topological polar surface area (TPSA) is 62.7 Å². The van der Waals surface area contributed by atoms with Gasteiger partial charge in [-0.15, -0.1) is 11.3 Å². The zero-order chi connectivity index (χ0) is 18.3. The summed E-state index contributed by atoms with van der Waals surface area (Å²) in [5, 5.41) is 0.890. The van der Waals surface area contributed by atoms with E-state index in [0.717, 1.165) is 32.4 Å². The summed E-state index contributed by atoms with van der Waals surface area (Å²) in [6.07, 6.45) is 0. The SMILES string of the molecule is COc1cccc2sc(N3CCN(S(=O)(=O)c4ccc(Cl)s4)CC3)nc12. The summed E-state index contributed by atoms with van der Waals surface area (Å²) in [6, 6.07) is 9.03. The van der Waals surface area contributed by atoms with Crippen LogP contribution in [0, 0.1) is 0 Å². The monoisotopic (exact) mass is 429 g/mol. The summed E-state index contributed by atoms with van der Waals surface area (Å²) >= 11 is 8.57. The Labute approximate surface area is 164 Å². The third kappa shape index (κ3) is 3.18. The van der Waals surface area contributed by atoms with Crippen LogP contribution in [0.15, 0.2) is 34.5 Å². The predicted molar refractivity (Wildman–Crippen MR) is 106 cm³/mol. The fourth-order valence-electron chi connectivity index (χ4n) is 2.89. The van der Waals surface area contributed by atoms with E-state index >= 15 is 0 Å². The number of fused-ring (bicyclic) bond motifs is 1. The van der Waals surface area contributed by atoms with Gasteiger partial charge in [0.15, 0.2) is 5.13 Å². The number of aromatic nitrogens is 1. The number of ether oxygens (including phenoxy) is 1. The molecule has 26 heavy (non-hydrogen) atoms. The van der Waals surface area contributed by atoms with Crippen molar-refractivity contribution in [3.05, 3.63) is 34.7 Å². The minimum Gasteiger partial charge on any atom is -0.494 e. The molecule has 1 aliphatic rings. The molecule has 1 fully saturated rings. The van der Waals surface area contributed by atoms with Gasteiger partial charge >= 0.3 is 0 Å². The standard InChI is InChI=1S/C16H16ClN3O3S3/c1-23-11-3-2-4-12-15(11)18-16(24-12)19-7-9-20(10-8-19)26(21,22)14-6-5-13(17)25-14/h2-6H,7-10H2,1H3. The maximum Gasteiger partial charge on any atom is 0.252 e. The highest BCUT2D eigenvalue weighted by atomic mass is 35.5. The Morgan fingerprint density at radius 2 is 1.88 bits per heavy atom. The molecule has 0 aliphatic carbocycles. The Morgan fingerprint density at radius 3 is 2.54 bits per heavy atom. The maximum atomic E-state index is 12.7. The van der Waals surface area contributed by atoms with Gasteiger partial charge < -0.3 is 9.64 Å². The van der Waals surface area contributed by atoms with Crippen molar-refractivity contribution in [2.75, 3.05) is 38.2 Å². The van der Waals surface area contributed by atoms with Crippen LogP contribution < -0.4 is 9.64 Å². The van der Waals surface area contributed by atoms with Gasteiger partial charge in [-0.1, -0.05) is 29.0 Å². The fourth-order valence-corrected chi connectivity index (χ4v) is 6.99. The van der Waals surface area contributed by atoms with E-state index in [9.17, 15) is 8.42 Å². The number of hydrogen-bond acceptors (Lipinski definition) is 7. The van der Waals surface area contributed by atoms with Crippen LogP contribution in [-0.2, 0) is 10.0 Å². The van der Waals surface area contributed by atoms with Crippen molar-refractivity contribution in [1.29, 1.82) is 0 Å². The molecule has 2 aromatic heterocycles. The van der Waals surface area contributed by atoms with E-state index < -0.39 is 10.0 Å². The van der Waals surface area contributed by atoms with Crippen LogP contribution in [0.25, 0.3) is 10.2 Å². The Kier molecular flexibility index (Phi) is 4.83. The lowest BCUT2D eigenvalue weighted by Gasteiger charge is -2.33. The predicted octanol–water partition coefficient (Wildman–Crippen LogP) is 3.53. The highest BCUT2D eigenvalue weighted by Crippen LogP contribution is 2.35. The van der Waals surface area contributed by atoms with E-state index in [1.165, 1.54) is 4.31 Å².